The van der Waals surface area contributed by atoms with Crippen molar-refractivity contribution < 1.29 is 0 Å². The molecule has 0 aliphatic heterocycles. The van der Waals surface area contributed by atoms with E-state index in [0.29, 0.717) is 27.1 Å². The van der Waals surface area contributed by atoms with Crippen LogP contribution in [-0.2, 0) is 0 Å². The van der Waals surface area contributed by atoms with Gasteiger partial charge in [0, 0.05) is 0 Å². The van der Waals surface area contributed by atoms with E-state index in [1.165, 1.54) is 165 Å². The molecule has 2 unspecified atom stereocenters. The fourth-order valence-electron chi connectivity index (χ4n) is 10.2. The molecule has 0 nitrogen and oxygen atoms in total. The average molecular weight is 850 g/mol. The maximum atomic E-state index is 4.07. The van der Waals surface area contributed by atoms with E-state index in [-0.39, 0.29) is 14.9 Å². The lowest BCUT2D eigenvalue weighted by Gasteiger charge is -2.45. The molecule has 0 saturated heterocycles. The van der Waals surface area contributed by atoms with E-state index in [4.69, 9.17) is 0 Å². The Hall–Kier alpha value is -1.84. The molecule has 0 spiro atoms. The smallest absolute Gasteiger partial charge is 0.0147 e. The van der Waals surface area contributed by atoms with Crippen molar-refractivity contribution >= 4 is 0 Å². The van der Waals surface area contributed by atoms with Gasteiger partial charge in [-0.1, -0.05) is 220 Å². The van der Waals surface area contributed by atoms with Crippen LogP contribution in [0.25, 0.3) is 0 Å². The van der Waals surface area contributed by atoms with Crippen LogP contribution in [0, 0.1) is 95.2 Å². The summed E-state index contributed by atoms with van der Waals surface area (Å²) < 4.78 is 0. The zero-order valence-corrected chi connectivity index (χ0v) is 43.2. The number of hydrogen-bond donors (Lipinski definition) is 0. The predicted octanol–water partition coefficient (Wildman–Crippen LogP) is 20.8. The van der Waals surface area contributed by atoms with E-state index in [9.17, 15) is 0 Å². The third-order valence-electron chi connectivity index (χ3n) is 15.7. The molecule has 0 aromatic carbocycles. The summed E-state index contributed by atoms with van der Waals surface area (Å²) in [4.78, 5) is 0. The fraction of sp³-hybridized carbons (Fsp3) is 0.836. The minimum atomic E-state index is 0. The molecule has 6 rings (SSSR count). The molecule has 61 heavy (non-hydrogen) atoms. The lowest BCUT2D eigenvalue weighted by atomic mass is 9.60. The second kappa shape index (κ2) is 35.5. The van der Waals surface area contributed by atoms with Crippen molar-refractivity contribution in [3.8, 4) is 38.5 Å². The van der Waals surface area contributed by atoms with Crippen LogP contribution in [0.4, 0.5) is 0 Å². The van der Waals surface area contributed by atoms with Gasteiger partial charge in [0.2, 0.25) is 0 Å². The van der Waals surface area contributed by atoms with Crippen molar-refractivity contribution in [2.45, 2.75) is 273 Å². The van der Waals surface area contributed by atoms with E-state index < -0.39 is 0 Å². The van der Waals surface area contributed by atoms with E-state index in [1.807, 2.05) is 0 Å². The van der Waals surface area contributed by atoms with Gasteiger partial charge in [0.15, 0.2) is 0 Å². The van der Waals surface area contributed by atoms with Gasteiger partial charge >= 0.3 is 0 Å². The van der Waals surface area contributed by atoms with Crippen LogP contribution >= 0.6 is 0 Å². The van der Waals surface area contributed by atoms with Crippen LogP contribution in [0.5, 0.6) is 0 Å². The van der Waals surface area contributed by atoms with Crippen molar-refractivity contribution in [2.75, 3.05) is 0 Å². The maximum absolute atomic E-state index is 4.07. The van der Waals surface area contributed by atoms with Gasteiger partial charge in [-0.25, -0.2) is 0 Å². The van der Waals surface area contributed by atoms with Gasteiger partial charge in [0.25, 0.3) is 0 Å². The van der Waals surface area contributed by atoms with Crippen molar-refractivity contribution in [1.82, 2.24) is 0 Å². The zero-order chi connectivity index (χ0) is 46.5. The van der Waals surface area contributed by atoms with Crippen LogP contribution in [-0.4, -0.2) is 0 Å². The molecule has 0 radical (unpaired) electrons. The Morgan fingerprint density at radius 1 is 0.426 bits per heavy atom. The van der Waals surface area contributed by atoms with Gasteiger partial charge in [-0.2, -0.15) is 0 Å². The van der Waals surface area contributed by atoms with E-state index >= 15 is 0 Å². The Morgan fingerprint density at radius 3 is 1.03 bits per heavy atom. The first kappa shape index (κ1) is 68.2. The lowest BCUT2D eigenvalue weighted by Crippen LogP contribution is -2.35. The summed E-state index contributed by atoms with van der Waals surface area (Å²) in [6, 6.07) is 0. The Kier molecular flexibility index (Phi) is 39.7. The van der Waals surface area contributed by atoms with Crippen LogP contribution in [0.2, 0.25) is 0 Å². The molecule has 0 heteroatoms. The summed E-state index contributed by atoms with van der Waals surface area (Å²) in [6.45, 7) is 43.7. The lowest BCUT2D eigenvalue weighted by molar-refractivity contribution is 0.0520. The Bertz CT molecular complexity index is 1060. The van der Waals surface area contributed by atoms with Crippen molar-refractivity contribution in [3.05, 3.63) is 24.3 Å². The first-order valence-electron chi connectivity index (χ1n) is 24.8. The SMILES string of the molecule is C.C.C#C.C#C.C#C.C=C1CCCCC1(C)C.C=C1CCCCC1C.CC1(C)CCCC(C)(C)C1.CC1(C)CCCCC1(C)C.CC1CCCC[C@@H]1C.C[C@@H]1CCC[C@H](C)C1. The number of hydrogen-bond acceptors (Lipinski definition) is 0. The highest BCUT2D eigenvalue weighted by atomic mass is 14.4. The van der Waals surface area contributed by atoms with Gasteiger partial charge in [-0.3, -0.25) is 0 Å². The molecule has 6 aliphatic rings. The molecule has 0 aromatic heterocycles. The number of allylic oxidation sites excluding steroid dienone is 2. The molecular formula is C61H116. The molecule has 6 fully saturated rings. The first-order chi connectivity index (χ1) is 27.4. The van der Waals surface area contributed by atoms with Gasteiger partial charge in [-0.15, -0.1) is 38.5 Å². The second-order valence-electron chi connectivity index (χ2n) is 23.4. The van der Waals surface area contributed by atoms with E-state index in [1.54, 1.807) is 0 Å². The van der Waals surface area contributed by atoms with Gasteiger partial charge in [0.05, 0.1) is 0 Å². The summed E-state index contributed by atoms with van der Waals surface area (Å²) in [5, 5.41) is 0. The highest BCUT2D eigenvalue weighted by Crippen LogP contribution is 2.49. The van der Waals surface area contributed by atoms with E-state index in [2.05, 4.69) is 156 Å². The van der Waals surface area contributed by atoms with Crippen LogP contribution in [0.3, 0.4) is 0 Å². The molecule has 0 heterocycles. The molecule has 5 atom stereocenters. The number of terminal acetylenes is 3. The van der Waals surface area contributed by atoms with Crippen LogP contribution < -0.4 is 0 Å². The molecule has 6 aliphatic carbocycles. The average Bonchev–Trinajstić information content (AvgIpc) is 3.16. The summed E-state index contributed by atoms with van der Waals surface area (Å²) in [5.41, 5.74) is 5.74. The fourth-order valence-corrected chi connectivity index (χ4v) is 10.2. The summed E-state index contributed by atoms with van der Waals surface area (Å²) in [7, 11) is 0. The normalized spacial score (nSPS) is 28.2. The van der Waals surface area contributed by atoms with Gasteiger partial charge < -0.3 is 0 Å². The van der Waals surface area contributed by atoms with Crippen LogP contribution in [0.15, 0.2) is 24.3 Å². The second-order valence-corrected chi connectivity index (χ2v) is 23.4. The molecular weight excluding hydrogens is 733 g/mol. The highest BCUT2D eigenvalue weighted by molar-refractivity contribution is 5.09. The predicted molar refractivity (Wildman–Crippen MR) is 287 cm³/mol. The molecule has 0 N–H and O–H groups in total. The molecule has 360 valence electrons. The quantitative estimate of drug-likeness (QED) is 0.168. The highest BCUT2D eigenvalue weighted by Gasteiger charge is 2.38. The first-order valence-corrected chi connectivity index (χ1v) is 24.8. The van der Waals surface area contributed by atoms with Crippen molar-refractivity contribution in [1.29, 1.82) is 0 Å². The summed E-state index contributed by atoms with van der Waals surface area (Å²) in [6.07, 6.45) is 58.0. The maximum Gasteiger partial charge on any atom is -0.0147 e. The van der Waals surface area contributed by atoms with Crippen molar-refractivity contribution in [3.63, 3.8) is 0 Å². The van der Waals surface area contributed by atoms with E-state index in [0.717, 1.165) is 29.6 Å². The molecule has 6 saturated carbocycles. The minimum Gasteiger partial charge on any atom is -0.124 e. The number of rotatable bonds is 0. The molecule has 0 aromatic rings. The Balaban J connectivity index is -0.000000200. The molecule has 0 amide bonds. The topological polar surface area (TPSA) is 0 Å². The minimum absolute atomic E-state index is 0. The Morgan fingerprint density at radius 2 is 0.803 bits per heavy atom. The summed E-state index contributed by atoms with van der Waals surface area (Å²) in [5.74, 6) is 4.84. The zero-order valence-electron chi connectivity index (χ0n) is 43.2. The van der Waals surface area contributed by atoms with Gasteiger partial charge in [-0.05, 0) is 134 Å². The molecule has 0 bridgehead atoms. The van der Waals surface area contributed by atoms with Crippen LogP contribution in [0.1, 0.15) is 273 Å². The third kappa shape index (κ3) is 31.6. The van der Waals surface area contributed by atoms with Crippen molar-refractivity contribution in [2.24, 2.45) is 56.7 Å². The largest absolute Gasteiger partial charge is 0.124 e. The van der Waals surface area contributed by atoms with Gasteiger partial charge in [0.1, 0.15) is 0 Å². The monoisotopic (exact) mass is 849 g/mol. The summed E-state index contributed by atoms with van der Waals surface area (Å²) >= 11 is 0. The third-order valence-corrected chi connectivity index (χ3v) is 15.7. The standard InChI is InChI=1S/2C10H20.C9H16.2C8H16.C8H14.3C2H2.2CH4/c1-9(2)6-5-7-10(3,4)8-9;1-9(2)7-5-6-8-10(9,3)4;1-8-6-4-5-7-9(8,2)3;1-7-4-3-5-8(2)6-7;2*1-7-5-3-4-6-8(7)2;3*1-2;;/h2*5-8H2,1-4H3;1,4-7H2,2-3H3;2*7-8H,3-6H2,1-2H3;8H,1,3-6H2,2H3;3*1-2H;2*1H4/t;;;7-,8+;7-,8?;;;;;;/m....0....../s1. The Labute approximate surface area is 390 Å².